The second-order valence-electron chi connectivity index (χ2n) is 2.73. The maximum atomic E-state index is 9.29. The van der Waals surface area contributed by atoms with Gasteiger partial charge in [0.15, 0.2) is 6.29 Å². The summed E-state index contributed by atoms with van der Waals surface area (Å²) in [6.07, 6.45) is -0.688. The maximum absolute atomic E-state index is 9.29. The molecule has 3 unspecified atom stereocenters. The van der Waals surface area contributed by atoms with Crippen LogP contribution < -0.4 is 10.8 Å². The first kappa shape index (κ1) is 12.6. The van der Waals surface area contributed by atoms with Crippen molar-refractivity contribution >= 4 is 23.5 Å². The third-order valence-corrected chi connectivity index (χ3v) is 4.43. The standard InChI is InChI=1S/C7H16N2O3S2/c1-2-12-5(10)4-13-6-3-8-7(9-11)14-6/h5-11H,2-4H2,1H3. The van der Waals surface area contributed by atoms with Gasteiger partial charge < -0.3 is 15.1 Å². The first-order chi connectivity index (χ1) is 6.76. The minimum absolute atomic E-state index is 0.100. The van der Waals surface area contributed by atoms with Crippen molar-refractivity contribution in [1.82, 2.24) is 10.8 Å². The highest BCUT2D eigenvalue weighted by atomic mass is 32.2. The van der Waals surface area contributed by atoms with Crippen molar-refractivity contribution in [3.05, 3.63) is 0 Å². The summed E-state index contributed by atoms with van der Waals surface area (Å²) in [5.41, 5.74) is 2.05. The van der Waals surface area contributed by atoms with Crippen molar-refractivity contribution in [2.24, 2.45) is 0 Å². The monoisotopic (exact) mass is 240 g/mol. The number of aliphatic hydroxyl groups excluding tert-OH is 1. The Labute approximate surface area is 91.9 Å². The summed E-state index contributed by atoms with van der Waals surface area (Å²) < 4.78 is 5.34. The summed E-state index contributed by atoms with van der Waals surface area (Å²) in [6, 6.07) is 0. The van der Waals surface area contributed by atoms with E-state index in [9.17, 15) is 5.11 Å². The molecule has 0 spiro atoms. The average molecular weight is 240 g/mol. The fourth-order valence-corrected chi connectivity index (χ4v) is 3.38. The van der Waals surface area contributed by atoms with Crippen LogP contribution in [0.1, 0.15) is 6.92 Å². The molecular formula is C7H16N2O3S2. The number of rotatable bonds is 6. The van der Waals surface area contributed by atoms with Gasteiger partial charge in [-0.25, -0.2) is 0 Å². The Morgan fingerprint density at radius 2 is 2.57 bits per heavy atom. The number of hydroxylamine groups is 1. The van der Waals surface area contributed by atoms with Gasteiger partial charge in [-0.2, -0.15) is 5.48 Å². The second-order valence-corrected chi connectivity index (χ2v) is 5.57. The Hall–Kier alpha value is 0.500. The first-order valence-corrected chi connectivity index (χ1v) is 6.45. The van der Waals surface area contributed by atoms with Gasteiger partial charge in [0.1, 0.15) is 5.50 Å². The van der Waals surface area contributed by atoms with Gasteiger partial charge in [-0.3, -0.25) is 5.32 Å². The molecule has 14 heavy (non-hydrogen) atoms. The van der Waals surface area contributed by atoms with Crippen molar-refractivity contribution in [2.45, 2.75) is 23.3 Å². The van der Waals surface area contributed by atoms with E-state index in [1.807, 2.05) is 6.92 Å². The Bertz CT molecular complexity index is 164. The largest absolute Gasteiger partial charge is 0.367 e. The fourth-order valence-electron chi connectivity index (χ4n) is 1.06. The van der Waals surface area contributed by atoms with E-state index >= 15 is 0 Å². The summed E-state index contributed by atoms with van der Waals surface area (Å²) in [7, 11) is 0. The molecule has 0 amide bonds. The molecule has 0 radical (unpaired) electrons. The quantitative estimate of drug-likeness (QED) is 0.385. The molecule has 1 heterocycles. The molecule has 5 nitrogen and oxygen atoms in total. The minimum Gasteiger partial charge on any atom is -0.367 e. The van der Waals surface area contributed by atoms with Crippen molar-refractivity contribution < 1.29 is 15.1 Å². The van der Waals surface area contributed by atoms with Gasteiger partial charge in [0.25, 0.3) is 0 Å². The van der Waals surface area contributed by atoms with Crippen LogP contribution in [0.3, 0.4) is 0 Å². The summed E-state index contributed by atoms with van der Waals surface area (Å²) in [5, 5.41) is 21.0. The lowest BCUT2D eigenvalue weighted by Gasteiger charge is -2.12. The molecule has 0 bridgehead atoms. The third-order valence-electron chi connectivity index (χ3n) is 1.66. The number of aliphatic hydroxyl groups is 1. The average Bonchev–Trinajstić information content (AvgIpc) is 2.63. The van der Waals surface area contributed by atoms with Crippen molar-refractivity contribution in [3.8, 4) is 0 Å². The van der Waals surface area contributed by atoms with E-state index in [4.69, 9.17) is 9.94 Å². The molecule has 0 aromatic rings. The highest BCUT2D eigenvalue weighted by Crippen LogP contribution is 2.30. The van der Waals surface area contributed by atoms with E-state index in [-0.39, 0.29) is 5.50 Å². The van der Waals surface area contributed by atoms with E-state index in [1.165, 1.54) is 0 Å². The van der Waals surface area contributed by atoms with Crippen molar-refractivity contribution in [3.63, 3.8) is 0 Å². The summed E-state index contributed by atoms with van der Waals surface area (Å²) in [5.74, 6) is 0.561. The molecule has 1 rings (SSSR count). The number of hydrogen-bond donors (Lipinski definition) is 4. The van der Waals surface area contributed by atoms with E-state index < -0.39 is 6.29 Å². The van der Waals surface area contributed by atoms with Gasteiger partial charge in [0, 0.05) is 18.9 Å². The number of hydrogen-bond acceptors (Lipinski definition) is 7. The molecular weight excluding hydrogens is 224 g/mol. The van der Waals surface area contributed by atoms with Crippen LogP contribution in [-0.2, 0) is 4.74 Å². The highest BCUT2D eigenvalue weighted by molar-refractivity contribution is 8.17. The first-order valence-electron chi connectivity index (χ1n) is 4.46. The lowest BCUT2D eigenvalue weighted by atomic mass is 10.7. The number of ether oxygens (including phenoxy) is 1. The topological polar surface area (TPSA) is 73.8 Å². The van der Waals surface area contributed by atoms with Crippen LogP contribution in [0, 0.1) is 0 Å². The Kier molecular flexibility index (Phi) is 6.18. The molecule has 1 saturated heterocycles. The van der Waals surface area contributed by atoms with Gasteiger partial charge in [0.2, 0.25) is 0 Å². The van der Waals surface area contributed by atoms with Gasteiger partial charge in [-0.15, -0.1) is 23.5 Å². The lowest BCUT2D eigenvalue weighted by Crippen LogP contribution is -2.32. The molecule has 1 fully saturated rings. The van der Waals surface area contributed by atoms with E-state index in [2.05, 4.69) is 10.8 Å². The van der Waals surface area contributed by atoms with E-state index in [0.717, 1.165) is 6.54 Å². The predicted octanol–water partition coefficient (Wildman–Crippen LogP) is -0.000600. The number of thioether (sulfide) groups is 2. The molecule has 0 aromatic heterocycles. The normalized spacial score (nSPS) is 29.4. The maximum Gasteiger partial charge on any atom is 0.163 e. The molecule has 4 N–H and O–H groups in total. The van der Waals surface area contributed by atoms with Crippen molar-refractivity contribution in [1.29, 1.82) is 0 Å². The van der Waals surface area contributed by atoms with Crippen LogP contribution in [0.4, 0.5) is 0 Å². The predicted molar refractivity (Wildman–Crippen MR) is 58.2 cm³/mol. The molecule has 7 heteroatoms. The van der Waals surface area contributed by atoms with Crippen molar-refractivity contribution in [2.75, 3.05) is 18.9 Å². The molecule has 0 saturated carbocycles. The van der Waals surface area contributed by atoms with E-state index in [1.54, 1.807) is 23.5 Å². The SMILES string of the molecule is CCOC(O)CSC1CNC(NO)S1. The molecule has 3 atom stereocenters. The van der Waals surface area contributed by atoms with Crippen LogP contribution in [0.5, 0.6) is 0 Å². The molecule has 1 aliphatic heterocycles. The van der Waals surface area contributed by atoms with Crippen LogP contribution in [0.2, 0.25) is 0 Å². The van der Waals surface area contributed by atoms with Gasteiger partial charge >= 0.3 is 0 Å². The minimum atomic E-state index is -0.688. The van der Waals surface area contributed by atoms with Crippen LogP contribution in [-0.4, -0.2) is 45.6 Å². The summed E-state index contributed by atoms with van der Waals surface area (Å²) >= 11 is 3.22. The smallest absolute Gasteiger partial charge is 0.163 e. The zero-order chi connectivity index (χ0) is 10.4. The molecule has 1 aliphatic rings. The lowest BCUT2D eigenvalue weighted by molar-refractivity contribution is -0.0764. The van der Waals surface area contributed by atoms with Gasteiger partial charge in [-0.1, -0.05) is 0 Å². The zero-order valence-corrected chi connectivity index (χ0v) is 9.61. The second kappa shape index (κ2) is 6.89. The number of nitrogens with one attached hydrogen (secondary N) is 2. The third kappa shape index (κ3) is 4.35. The molecule has 0 aromatic carbocycles. The van der Waals surface area contributed by atoms with Crippen LogP contribution >= 0.6 is 23.5 Å². The molecule has 0 aliphatic carbocycles. The summed E-state index contributed by atoms with van der Waals surface area (Å²) in [4.78, 5) is 0. The van der Waals surface area contributed by atoms with Crippen LogP contribution in [0.25, 0.3) is 0 Å². The summed E-state index contributed by atoms with van der Waals surface area (Å²) in [6.45, 7) is 3.19. The Morgan fingerprint density at radius 3 is 3.14 bits per heavy atom. The highest BCUT2D eigenvalue weighted by Gasteiger charge is 2.24. The zero-order valence-electron chi connectivity index (χ0n) is 7.97. The van der Waals surface area contributed by atoms with E-state index in [0.29, 0.717) is 16.9 Å². The fraction of sp³-hybridized carbons (Fsp3) is 1.00. The molecule has 84 valence electrons. The van der Waals surface area contributed by atoms with Crippen LogP contribution in [0.15, 0.2) is 0 Å². The Morgan fingerprint density at radius 1 is 1.79 bits per heavy atom. The van der Waals surface area contributed by atoms with Gasteiger partial charge in [0.05, 0.1) is 4.58 Å². The Balaban J connectivity index is 2.07. The van der Waals surface area contributed by atoms with Gasteiger partial charge in [-0.05, 0) is 6.92 Å².